The molecular formula is C12H20O5. The highest BCUT2D eigenvalue weighted by molar-refractivity contribution is 5.93. The standard InChI is InChI=1S/C12H20O5/c1-3-16-12(9-6-4-5-7-9)17-11(15)8(2)10(13)14/h8-9,12H,3-7H2,1-2H3,(H,13,14). The first-order valence-corrected chi connectivity index (χ1v) is 6.11. The van der Waals surface area contributed by atoms with Gasteiger partial charge in [-0.1, -0.05) is 12.8 Å². The van der Waals surface area contributed by atoms with Gasteiger partial charge in [0.15, 0.2) is 5.92 Å². The lowest BCUT2D eigenvalue weighted by Gasteiger charge is -2.23. The van der Waals surface area contributed by atoms with E-state index >= 15 is 0 Å². The quantitative estimate of drug-likeness (QED) is 0.438. The number of carboxylic acid groups (broad SMARTS) is 1. The first-order valence-electron chi connectivity index (χ1n) is 6.11. The SMILES string of the molecule is CCOC(OC(=O)C(C)C(=O)O)C1CCCC1. The van der Waals surface area contributed by atoms with Crippen LogP contribution in [0.3, 0.4) is 0 Å². The molecule has 0 aliphatic heterocycles. The van der Waals surface area contributed by atoms with Crippen molar-refractivity contribution in [3.05, 3.63) is 0 Å². The van der Waals surface area contributed by atoms with E-state index in [2.05, 4.69) is 0 Å². The molecule has 1 rings (SSSR count). The van der Waals surface area contributed by atoms with Gasteiger partial charge in [-0.2, -0.15) is 0 Å². The number of carbonyl (C=O) groups is 2. The summed E-state index contributed by atoms with van der Waals surface area (Å²) in [6.45, 7) is 3.61. The molecule has 0 radical (unpaired) electrons. The van der Waals surface area contributed by atoms with Crippen LogP contribution in [0.25, 0.3) is 0 Å². The monoisotopic (exact) mass is 244 g/mol. The van der Waals surface area contributed by atoms with Gasteiger partial charge in [-0.15, -0.1) is 0 Å². The normalized spacial score (nSPS) is 19.9. The summed E-state index contributed by atoms with van der Waals surface area (Å²) in [7, 11) is 0. The molecule has 0 heterocycles. The molecule has 0 amide bonds. The Morgan fingerprint density at radius 2 is 1.94 bits per heavy atom. The van der Waals surface area contributed by atoms with Crippen molar-refractivity contribution < 1.29 is 24.2 Å². The van der Waals surface area contributed by atoms with E-state index in [-0.39, 0.29) is 5.92 Å². The Labute approximate surface area is 101 Å². The molecule has 1 saturated carbocycles. The van der Waals surface area contributed by atoms with Crippen LogP contribution in [0.5, 0.6) is 0 Å². The van der Waals surface area contributed by atoms with Gasteiger partial charge in [0.1, 0.15) is 0 Å². The Morgan fingerprint density at radius 1 is 1.35 bits per heavy atom. The average Bonchev–Trinajstić information content (AvgIpc) is 2.80. The molecule has 2 unspecified atom stereocenters. The Hall–Kier alpha value is -1.10. The second-order valence-corrected chi connectivity index (χ2v) is 4.37. The lowest BCUT2D eigenvalue weighted by molar-refractivity contribution is -0.195. The van der Waals surface area contributed by atoms with Crippen molar-refractivity contribution in [3.63, 3.8) is 0 Å². The van der Waals surface area contributed by atoms with Crippen LogP contribution in [0.4, 0.5) is 0 Å². The summed E-state index contributed by atoms with van der Waals surface area (Å²) in [5.41, 5.74) is 0. The van der Waals surface area contributed by atoms with E-state index in [0.29, 0.717) is 6.61 Å². The summed E-state index contributed by atoms with van der Waals surface area (Å²) in [4.78, 5) is 22.2. The van der Waals surface area contributed by atoms with Gasteiger partial charge in [-0.05, 0) is 26.7 Å². The minimum Gasteiger partial charge on any atom is -0.481 e. The van der Waals surface area contributed by atoms with Crippen LogP contribution in [0, 0.1) is 11.8 Å². The number of carbonyl (C=O) groups excluding carboxylic acids is 1. The number of rotatable bonds is 6. The molecule has 1 aliphatic carbocycles. The van der Waals surface area contributed by atoms with Crippen molar-refractivity contribution >= 4 is 11.9 Å². The molecule has 1 fully saturated rings. The zero-order chi connectivity index (χ0) is 12.8. The lowest BCUT2D eigenvalue weighted by atomic mass is 10.1. The second kappa shape index (κ2) is 6.59. The summed E-state index contributed by atoms with van der Waals surface area (Å²) in [6, 6.07) is 0. The third-order valence-corrected chi connectivity index (χ3v) is 3.07. The fourth-order valence-electron chi connectivity index (χ4n) is 1.98. The van der Waals surface area contributed by atoms with Crippen molar-refractivity contribution in [1.82, 2.24) is 0 Å². The van der Waals surface area contributed by atoms with Crippen molar-refractivity contribution in [1.29, 1.82) is 0 Å². The fourth-order valence-corrected chi connectivity index (χ4v) is 1.98. The van der Waals surface area contributed by atoms with Gasteiger partial charge >= 0.3 is 11.9 Å². The van der Waals surface area contributed by atoms with E-state index < -0.39 is 24.1 Å². The lowest BCUT2D eigenvalue weighted by Crippen LogP contribution is -2.33. The van der Waals surface area contributed by atoms with Crippen molar-refractivity contribution in [3.8, 4) is 0 Å². The molecule has 5 nitrogen and oxygen atoms in total. The Kier molecular flexibility index (Phi) is 5.41. The smallest absolute Gasteiger partial charge is 0.322 e. The largest absolute Gasteiger partial charge is 0.481 e. The van der Waals surface area contributed by atoms with Crippen LogP contribution in [0.15, 0.2) is 0 Å². The van der Waals surface area contributed by atoms with Gasteiger partial charge in [-0.3, -0.25) is 9.59 Å². The maximum atomic E-state index is 11.5. The highest BCUT2D eigenvalue weighted by Crippen LogP contribution is 2.30. The van der Waals surface area contributed by atoms with Crippen LogP contribution >= 0.6 is 0 Å². The molecule has 0 aromatic carbocycles. The third-order valence-electron chi connectivity index (χ3n) is 3.07. The molecule has 17 heavy (non-hydrogen) atoms. The van der Waals surface area contributed by atoms with Crippen molar-refractivity contribution in [2.45, 2.75) is 45.8 Å². The van der Waals surface area contributed by atoms with Crippen LogP contribution in [-0.4, -0.2) is 29.9 Å². The minimum absolute atomic E-state index is 0.208. The Balaban J connectivity index is 2.53. The Morgan fingerprint density at radius 3 is 2.41 bits per heavy atom. The molecule has 1 aliphatic rings. The first kappa shape index (κ1) is 14.0. The summed E-state index contributed by atoms with van der Waals surface area (Å²) in [5, 5.41) is 8.72. The maximum Gasteiger partial charge on any atom is 0.322 e. The maximum absolute atomic E-state index is 11.5. The second-order valence-electron chi connectivity index (χ2n) is 4.37. The van der Waals surface area contributed by atoms with E-state index in [9.17, 15) is 9.59 Å². The molecule has 0 bridgehead atoms. The summed E-state index contributed by atoms with van der Waals surface area (Å²) < 4.78 is 10.5. The van der Waals surface area contributed by atoms with Gasteiger partial charge in [-0.25, -0.2) is 0 Å². The topological polar surface area (TPSA) is 72.8 Å². The molecule has 5 heteroatoms. The average molecular weight is 244 g/mol. The Bertz CT molecular complexity index is 270. The number of hydrogen-bond acceptors (Lipinski definition) is 4. The van der Waals surface area contributed by atoms with Crippen molar-refractivity contribution in [2.75, 3.05) is 6.61 Å². The van der Waals surface area contributed by atoms with E-state index in [0.717, 1.165) is 25.7 Å². The zero-order valence-electron chi connectivity index (χ0n) is 10.3. The molecule has 2 atom stereocenters. The van der Waals surface area contributed by atoms with E-state index in [1.807, 2.05) is 6.92 Å². The third kappa shape index (κ3) is 4.00. The number of aliphatic carboxylic acids is 1. The van der Waals surface area contributed by atoms with Gasteiger partial charge in [0.05, 0.1) is 0 Å². The highest BCUT2D eigenvalue weighted by atomic mass is 16.7. The fraction of sp³-hybridized carbons (Fsp3) is 0.833. The summed E-state index contributed by atoms with van der Waals surface area (Å²) >= 11 is 0. The van der Waals surface area contributed by atoms with Crippen LogP contribution in [0.1, 0.15) is 39.5 Å². The van der Waals surface area contributed by atoms with Crippen molar-refractivity contribution in [2.24, 2.45) is 11.8 Å². The number of ether oxygens (including phenoxy) is 2. The predicted molar refractivity (Wildman–Crippen MR) is 60.3 cm³/mol. The van der Waals surface area contributed by atoms with Crippen LogP contribution in [-0.2, 0) is 19.1 Å². The van der Waals surface area contributed by atoms with Crippen LogP contribution in [0.2, 0.25) is 0 Å². The summed E-state index contributed by atoms with van der Waals surface area (Å²) in [5.74, 6) is -2.82. The number of esters is 1. The van der Waals surface area contributed by atoms with E-state index in [1.54, 1.807) is 0 Å². The molecule has 0 aromatic heterocycles. The van der Waals surface area contributed by atoms with Gasteiger partial charge in [0.25, 0.3) is 0 Å². The highest BCUT2D eigenvalue weighted by Gasteiger charge is 2.31. The van der Waals surface area contributed by atoms with Gasteiger partial charge in [0, 0.05) is 12.5 Å². The predicted octanol–water partition coefficient (Wildman–Crippen LogP) is 1.80. The molecule has 0 aromatic rings. The molecular weight excluding hydrogens is 224 g/mol. The molecule has 1 N–H and O–H groups in total. The van der Waals surface area contributed by atoms with E-state index in [4.69, 9.17) is 14.6 Å². The van der Waals surface area contributed by atoms with E-state index in [1.165, 1.54) is 6.92 Å². The molecule has 0 spiro atoms. The number of hydrogen-bond donors (Lipinski definition) is 1. The number of carboxylic acids is 1. The molecule has 0 saturated heterocycles. The van der Waals surface area contributed by atoms with Gasteiger partial charge in [0.2, 0.25) is 6.29 Å². The van der Waals surface area contributed by atoms with Gasteiger partial charge < -0.3 is 14.6 Å². The zero-order valence-corrected chi connectivity index (χ0v) is 10.3. The minimum atomic E-state index is -1.17. The summed E-state index contributed by atoms with van der Waals surface area (Å²) in [6.07, 6.45) is 3.58. The molecule has 98 valence electrons. The van der Waals surface area contributed by atoms with Crippen LogP contribution < -0.4 is 0 Å². The first-order chi connectivity index (χ1) is 8.06.